The summed E-state index contributed by atoms with van der Waals surface area (Å²) in [4.78, 5) is 34.7. The van der Waals surface area contributed by atoms with Crippen molar-refractivity contribution in [2.45, 2.75) is 13.5 Å². The van der Waals surface area contributed by atoms with Gasteiger partial charge in [0.1, 0.15) is 13.2 Å². The molecule has 114 valence electrons. The van der Waals surface area contributed by atoms with Crippen molar-refractivity contribution < 1.29 is 24.2 Å². The molecule has 0 radical (unpaired) electrons. The molecule has 0 fully saturated rings. The van der Waals surface area contributed by atoms with Crippen LogP contribution in [0.1, 0.15) is 11.1 Å². The summed E-state index contributed by atoms with van der Waals surface area (Å²) in [5, 5.41) is 10.5. The Bertz CT molecular complexity index is 513. The third-order valence-electron chi connectivity index (χ3n) is 2.59. The van der Waals surface area contributed by atoms with Gasteiger partial charge in [-0.05, 0) is 12.5 Å². The quantitative estimate of drug-likeness (QED) is 0.807. The molecule has 0 aliphatic heterocycles. The van der Waals surface area contributed by atoms with Crippen molar-refractivity contribution >= 4 is 17.9 Å². The molecule has 0 aliphatic rings. The fourth-order valence-corrected chi connectivity index (χ4v) is 1.52. The van der Waals surface area contributed by atoms with E-state index >= 15 is 0 Å². The van der Waals surface area contributed by atoms with Crippen LogP contribution in [0.15, 0.2) is 24.3 Å². The highest BCUT2D eigenvalue weighted by Gasteiger charge is 2.13. The fraction of sp³-hybridized carbons (Fsp3) is 0.357. The van der Waals surface area contributed by atoms with Gasteiger partial charge in [-0.15, -0.1) is 0 Å². The van der Waals surface area contributed by atoms with Gasteiger partial charge in [-0.2, -0.15) is 0 Å². The second-order valence-corrected chi connectivity index (χ2v) is 4.58. The lowest BCUT2D eigenvalue weighted by Crippen LogP contribution is -2.42. The van der Waals surface area contributed by atoms with Crippen LogP contribution in [0, 0.1) is 6.92 Å². The number of nitrogens with one attached hydrogen (secondary N) is 1. The molecule has 3 amide bonds. The summed E-state index contributed by atoms with van der Waals surface area (Å²) in [6, 6.07) is 7.10. The Balaban J connectivity index is 2.38. The van der Waals surface area contributed by atoms with E-state index in [0.717, 1.165) is 11.1 Å². The molecule has 1 aromatic rings. The van der Waals surface area contributed by atoms with Crippen molar-refractivity contribution in [1.82, 2.24) is 10.2 Å². The molecular weight excluding hydrogens is 276 g/mol. The van der Waals surface area contributed by atoms with Gasteiger partial charge >= 0.3 is 12.0 Å². The van der Waals surface area contributed by atoms with Gasteiger partial charge in [0.15, 0.2) is 0 Å². The smallest absolute Gasteiger partial charge is 0.329 e. The highest BCUT2D eigenvalue weighted by molar-refractivity contribution is 5.94. The predicted molar refractivity (Wildman–Crippen MR) is 74.6 cm³/mol. The van der Waals surface area contributed by atoms with Crippen LogP contribution in [-0.4, -0.2) is 48.2 Å². The first-order valence-corrected chi connectivity index (χ1v) is 6.28. The standard InChI is InChI=1S/C14H18N2O5/c1-10-3-5-11(6-4-10)7-16(2)14(20)15-12(17)8-21-9-13(18)19/h3-6H,7-9H2,1-2H3,(H,18,19)(H,15,17,20). The second kappa shape index (κ2) is 8.01. The molecule has 7 nitrogen and oxygen atoms in total. The van der Waals surface area contributed by atoms with Gasteiger partial charge in [0.2, 0.25) is 0 Å². The fourth-order valence-electron chi connectivity index (χ4n) is 1.52. The van der Waals surface area contributed by atoms with Crippen LogP contribution in [0.2, 0.25) is 0 Å². The Morgan fingerprint density at radius 2 is 1.81 bits per heavy atom. The van der Waals surface area contributed by atoms with Crippen molar-refractivity contribution in [3.05, 3.63) is 35.4 Å². The molecule has 1 aromatic carbocycles. The average Bonchev–Trinajstić information content (AvgIpc) is 2.40. The number of aryl methyl sites for hydroxylation is 1. The Morgan fingerprint density at radius 3 is 2.38 bits per heavy atom. The minimum atomic E-state index is -1.18. The van der Waals surface area contributed by atoms with Crippen LogP contribution in [-0.2, 0) is 20.9 Å². The van der Waals surface area contributed by atoms with Gasteiger partial charge in [-0.25, -0.2) is 9.59 Å². The maximum absolute atomic E-state index is 11.7. The monoisotopic (exact) mass is 294 g/mol. The minimum Gasteiger partial charge on any atom is -0.480 e. The van der Waals surface area contributed by atoms with Crippen LogP contribution >= 0.6 is 0 Å². The Morgan fingerprint density at radius 1 is 1.19 bits per heavy atom. The first-order valence-electron chi connectivity index (χ1n) is 6.28. The number of rotatable bonds is 6. The van der Waals surface area contributed by atoms with Crippen LogP contribution in [0.25, 0.3) is 0 Å². The zero-order chi connectivity index (χ0) is 15.8. The van der Waals surface area contributed by atoms with E-state index in [-0.39, 0.29) is 0 Å². The van der Waals surface area contributed by atoms with Crippen molar-refractivity contribution in [3.8, 4) is 0 Å². The summed E-state index contributed by atoms with van der Waals surface area (Å²) in [5.74, 6) is -1.86. The molecule has 0 bridgehead atoms. The van der Waals surface area contributed by atoms with E-state index in [9.17, 15) is 14.4 Å². The number of ether oxygens (including phenoxy) is 1. The third kappa shape index (κ3) is 6.53. The van der Waals surface area contributed by atoms with Gasteiger partial charge in [-0.3, -0.25) is 10.1 Å². The summed E-state index contributed by atoms with van der Waals surface area (Å²) in [5.41, 5.74) is 2.06. The lowest BCUT2D eigenvalue weighted by Gasteiger charge is -2.17. The Kier molecular flexibility index (Phi) is 6.35. The minimum absolute atomic E-state index is 0.357. The highest BCUT2D eigenvalue weighted by Crippen LogP contribution is 2.05. The molecule has 0 aliphatic carbocycles. The largest absolute Gasteiger partial charge is 0.480 e. The molecule has 0 unspecified atom stereocenters. The van der Waals surface area contributed by atoms with Gasteiger partial charge in [0.25, 0.3) is 5.91 Å². The van der Waals surface area contributed by atoms with E-state index in [1.54, 1.807) is 7.05 Å². The Labute approximate surface area is 122 Å². The molecule has 0 aromatic heterocycles. The number of carboxylic acid groups (broad SMARTS) is 1. The molecule has 0 saturated heterocycles. The van der Waals surface area contributed by atoms with E-state index in [4.69, 9.17) is 5.11 Å². The number of imide groups is 1. The van der Waals surface area contributed by atoms with E-state index < -0.39 is 31.1 Å². The molecule has 0 heterocycles. The number of carboxylic acids is 1. The van der Waals surface area contributed by atoms with E-state index in [1.165, 1.54) is 4.90 Å². The maximum atomic E-state index is 11.7. The molecule has 0 saturated carbocycles. The number of carbonyl (C=O) groups is 3. The summed E-state index contributed by atoms with van der Waals surface area (Å²) in [6.45, 7) is 1.27. The summed E-state index contributed by atoms with van der Waals surface area (Å²) in [7, 11) is 1.56. The molecular formula is C14H18N2O5. The second-order valence-electron chi connectivity index (χ2n) is 4.58. The molecule has 7 heteroatoms. The zero-order valence-corrected chi connectivity index (χ0v) is 12.0. The van der Waals surface area contributed by atoms with Crippen LogP contribution in [0.3, 0.4) is 0 Å². The molecule has 21 heavy (non-hydrogen) atoms. The summed E-state index contributed by atoms with van der Waals surface area (Å²) in [6.07, 6.45) is 0. The average molecular weight is 294 g/mol. The number of aliphatic carboxylic acids is 1. The van der Waals surface area contributed by atoms with Crippen LogP contribution in [0.5, 0.6) is 0 Å². The van der Waals surface area contributed by atoms with Gasteiger partial charge in [0, 0.05) is 13.6 Å². The highest BCUT2D eigenvalue weighted by atomic mass is 16.5. The predicted octanol–water partition coefficient (Wildman–Crippen LogP) is 0.764. The number of amides is 3. The van der Waals surface area contributed by atoms with Crippen molar-refractivity contribution in [3.63, 3.8) is 0 Å². The number of carbonyl (C=O) groups excluding carboxylic acids is 2. The van der Waals surface area contributed by atoms with Gasteiger partial charge in [-0.1, -0.05) is 29.8 Å². The lowest BCUT2D eigenvalue weighted by molar-refractivity contribution is -0.143. The van der Waals surface area contributed by atoms with E-state index in [2.05, 4.69) is 10.1 Å². The van der Waals surface area contributed by atoms with Crippen LogP contribution < -0.4 is 5.32 Å². The zero-order valence-electron chi connectivity index (χ0n) is 12.0. The third-order valence-corrected chi connectivity index (χ3v) is 2.59. The SMILES string of the molecule is Cc1ccc(CN(C)C(=O)NC(=O)COCC(=O)O)cc1. The summed E-state index contributed by atoms with van der Waals surface area (Å²) >= 11 is 0. The lowest BCUT2D eigenvalue weighted by atomic mass is 10.1. The van der Waals surface area contributed by atoms with Gasteiger partial charge < -0.3 is 14.7 Å². The van der Waals surface area contributed by atoms with Crippen molar-refractivity contribution in [2.24, 2.45) is 0 Å². The molecule has 2 N–H and O–H groups in total. The van der Waals surface area contributed by atoms with E-state index in [0.29, 0.717) is 6.54 Å². The molecule has 1 rings (SSSR count). The first-order chi connectivity index (χ1) is 9.88. The van der Waals surface area contributed by atoms with E-state index in [1.807, 2.05) is 31.2 Å². The van der Waals surface area contributed by atoms with Crippen molar-refractivity contribution in [1.29, 1.82) is 0 Å². The number of urea groups is 1. The number of hydrogen-bond acceptors (Lipinski definition) is 4. The van der Waals surface area contributed by atoms with Crippen molar-refractivity contribution in [2.75, 3.05) is 20.3 Å². The number of nitrogens with zero attached hydrogens (tertiary/aromatic N) is 1. The summed E-state index contributed by atoms with van der Waals surface area (Å²) < 4.78 is 4.59. The van der Waals surface area contributed by atoms with Crippen LogP contribution in [0.4, 0.5) is 4.79 Å². The molecule has 0 atom stereocenters. The number of hydrogen-bond donors (Lipinski definition) is 2. The Hall–Kier alpha value is -2.41. The normalized spacial score (nSPS) is 10.0. The first kappa shape index (κ1) is 16.6. The maximum Gasteiger partial charge on any atom is 0.329 e. The van der Waals surface area contributed by atoms with Gasteiger partial charge in [0.05, 0.1) is 0 Å². The topological polar surface area (TPSA) is 95.9 Å². The number of benzene rings is 1. The molecule has 0 spiro atoms.